The summed E-state index contributed by atoms with van der Waals surface area (Å²) < 4.78 is 11.7. The van der Waals surface area contributed by atoms with Crippen molar-refractivity contribution in [2.75, 3.05) is 13.2 Å². The van der Waals surface area contributed by atoms with Gasteiger partial charge < -0.3 is 9.47 Å². The molecular weight excluding hydrogens is 269 g/mol. The second-order valence-corrected chi connectivity index (χ2v) is 3.72. The largest absolute Gasteiger partial charge is 0.345 e. The van der Waals surface area contributed by atoms with Crippen LogP contribution in [0.2, 0.25) is 0 Å². The van der Waals surface area contributed by atoms with Gasteiger partial charge in [-0.05, 0) is 34.7 Å². The van der Waals surface area contributed by atoms with Crippen molar-refractivity contribution in [2.24, 2.45) is 0 Å². The van der Waals surface area contributed by atoms with Crippen LogP contribution in [-0.2, 0) is 9.47 Å². The van der Waals surface area contributed by atoms with Crippen LogP contribution >= 0.6 is 22.6 Å². The number of hydrogen-bond donors (Lipinski definition) is 0. The van der Waals surface area contributed by atoms with Gasteiger partial charge in [-0.25, -0.2) is 0 Å². The van der Waals surface area contributed by atoms with Crippen molar-refractivity contribution < 1.29 is 9.47 Å². The van der Waals surface area contributed by atoms with E-state index in [0.717, 1.165) is 9.26 Å². The summed E-state index contributed by atoms with van der Waals surface area (Å²) in [6.07, 6.45) is 1.56. The van der Waals surface area contributed by atoms with Gasteiger partial charge in [-0.3, -0.25) is 4.98 Å². The topological polar surface area (TPSA) is 31.4 Å². The van der Waals surface area contributed by atoms with Crippen molar-refractivity contribution in [1.82, 2.24) is 4.98 Å². The Morgan fingerprint density at radius 1 is 1.33 bits per heavy atom. The highest BCUT2D eigenvalue weighted by atomic mass is 127. The third-order valence-electron chi connectivity index (χ3n) is 1.61. The Labute approximate surface area is 84.2 Å². The summed E-state index contributed by atoms with van der Waals surface area (Å²) in [4.78, 5) is 4.20. The molecule has 3 nitrogen and oxygen atoms in total. The summed E-state index contributed by atoms with van der Waals surface area (Å²) >= 11 is 2.22. The zero-order valence-corrected chi connectivity index (χ0v) is 8.52. The minimum atomic E-state index is -0.248. The molecular formula is C8H8INO2. The lowest BCUT2D eigenvalue weighted by atomic mass is 10.3. The molecule has 0 radical (unpaired) electrons. The van der Waals surface area contributed by atoms with E-state index >= 15 is 0 Å². The molecule has 0 N–H and O–H groups in total. The molecule has 1 aromatic heterocycles. The van der Waals surface area contributed by atoms with E-state index in [-0.39, 0.29) is 6.29 Å². The first-order valence-corrected chi connectivity index (χ1v) is 4.79. The van der Waals surface area contributed by atoms with Gasteiger partial charge in [-0.2, -0.15) is 0 Å². The molecule has 1 fully saturated rings. The number of hydrogen-bond acceptors (Lipinski definition) is 3. The maximum absolute atomic E-state index is 5.29. The summed E-state index contributed by atoms with van der Waals surface area (Å²) in [6.45, 7) is 1.33. The van der Waals surface area contributed by atoms with E-state index in [0.29, 0.717) is 13.2 Å². The lowest BCUT2D eigenvalue weighted by Gasteiger charge is -2.06. The van der Waals surface area contributed by atoms with Crippen LogP contribution in [0.15, 0.2) is 18.3 Å². The molecule has 0 aliphatic carbocycles. The Morgan fingerprint density at radius 2 is 2.08 bits per heavy atom. The Balaban J connectivity index is 2.17. The summed E-state index contributed by atoms with van der Waals surface area (Å²) in [5.74, 6) is 0. The average Bonchev–Trinajstić information content (AvgIpc) is 2.58. The first kappa shape index (κ1) is 8.40. The predicted octanol–water partition coefficient (Wildman–Crippen LogP) is 1.73. The number of nitrogens with zero attached hydrogens (tertiary/aromatic N) is 1. The number of aromatic nitrogens is 1. The van der Waals surface area contributed by atoms with Gasteiger partial charge in [0.05, 0.1) is 18.9 Å². The Hall–Kier alpha value is -0.200. The molecule has 1 aromatic rings. The molecule has 2 heterocycles. The third-order valence-corrected chi connectivity index (χ3v) is 2.25. The van der Waals surface area contributed by atoms with Crippen molar-refractivity contribution >= 4 is 22.6 Å². The second-order valence-electron chi connectivity index (χ2n) is 2.47. The monoisotopic (exact) mass is 277 g/mol. The van der Waals surface area contributed by atoms with Gasteiger partial charge >= 0.3 is 0 Å². The van der Waals surface area contributed by atoms with E-state index in [1.54, 1.807) is 6.20 Å². The fourth-order valence-corrected chi connectivity index (χ4v) is 1.37. The fourth-order valence-electron chi connectivity index (χ4n) is 1.06. The summed E-state index contributed by atoms with van der Waals surface area (Å²) in [5, 5.41) is 0. The van der Waals surface area contributed by atoms with Crippen LogP contribution in [0.3, 0.4) is 0 Å². The molecule has 12 heavy (non-hydrogen) atoms. The Kier molecular flexibility index (Phi) is 2.57. The van der Waals surface area contributed by atoms with Crippen LogP contribution < -0.4 is 0 Å². The van der Waals surface area contributed by atoms with Gasteiger partial charge in [0.2, 0.25) is 6.29 Å². The van der Waals surface area contributed by atoms with Gasteiger partial charge in [0.1, 0.15) is 0 Å². The number of rotatable bonds is 1. The van der Waals surface area contributed by atoms with E-state index in [2.05, 4.69) is 27.6 Å². The second kappa shape index (κ2) is 3.68. The standard InChI is InChI=1S/C8H8INO2/c9-6-1-2-7(10-5-6)8-11-3-4-12-8/h1-2,5,8H,3-4H2. The minimum absolute atomic E-state index is 0.248. The Morgan fingerprint density at radius 3 is 2.67 bits per heavy atom. The molecule has 0 bridgehead atoms. The number of halogens is 1. The zero-order valence-electron chi connectivity index (χ0n) is 6.37. The lowest BCUT2D eigenvalue weighted by Crippen LogP contribution is -2.00. The van der Waals surface area contributed by atoms with Crippen LogP contribution in [-0.4, -0.2) is 18.2 Å². The maximum atomic E-state index is 5.29. The third kappa shape index (κ3) is 1.75. The first-order valence-electron chi connectivity index (χ1n) is 3.71. The summed E-state index contributed by atoms with van der Waals surface area (Å²) in [6, 6.07) is 3.92. The first-order chi connectivity index (χ1) is 5.86. The molecule has 0 amide bonds. The van der Waals surface area contributed by atoms with Crippen LogP contribution in [0.25, 0.3) is 0 Å². The lowest BCUT2D eigenvalue weighted by molar-refractivity contribution is -0.0473. The quantitative estimate of drug-likeness (QED) is 0.733. The highest BCUT2D eigenvalue weighted by Gasteiger charge is 2.18. The molecule has 0 spiro atoms. The zero-order chi connectivity index (χ0) is 8.39. The smallest absolute Gasteiger partial charge is 0.201 e. The predicted molar refractivity (Wildman–Crippen MR) is 51.6 cm³/mol. The van der Waals surface area contributed by atoms with Gasteiger partial charge in [-0.1, -0.05) is 0 Å². The Bertz CT molecular complexity index is 256. The van der Waals surface area contributed by atoms with E-state index in [1.165, 1.54) is 0 Å². The van der Waals surface area contributed by atoms with Crippen LogP contribution in [0.4, 0.5) is 0 Å². The maximum Gasteiger partial charge on any atom is 0.201 e. The molecule has 0 aromatic carbocycles. The molecule has 0 saturated carbocycles. The summed E-state index contributed by atoms with van der Waals surface area (Å²) in [7, 11) is 0. The van der Waals surface area contributed by atoms with Crippen LogP contribution in [0, 0.1) is 3.57 Å². The molecule has 2 rings (SSSR count). The highest BCUT2D eigenvalue weighted by molar-refractivity contribution is 14.1. The molecule has 4 heteroatoms. The van der Waals surface area contributed by atoms with E-state index in [9.17, 15) is 0 Å². The van der Waals surface area contributed by atoms with Crippen molar-refractivity contribution in [3.63, 3.8) is 0 Å². The molecule has 0 unspecified atom stereocenters. The van der Waals surface area contributed by atoms with Gasteiger partial charge in [0, 0.05) is 9.77 Å². The molecule has 1 aliphatic rings. The fraction of sp³-hybridized carbons (Fsp3) is 0.375. The van der Waals surface area contributed by atoms with Gasteiger partial charge in [0.15, 0.2) is 0 Å². The average molecular weight is 277 g/mol. The highest BCUT2D eigenvalue weighted by Crippen LogP contribution is 2.21. The van der Waals surface area contributed by atoms with Crippen molar-refractivity contribution in [1.29, 1.82) is 0 Å². The van der Waals surface area contributed by atoms with Gasteiger partial charge in [-0.15, -0.1) is 0 Å². The van der Waals surface area contributed by atoms with Crippen molar-refractivity contribution in [3.05, 3.63) is 27.6 Å². The van der Waals surface area contributed by atoms with Crippen LogP contribution in [0.5, 0.6) is 0 Å². The molecule has 0 atom stereocenters. The molecule has 1 aliphatic heterocycles. The normalized spacial score (nSPS) is 18.4. The van der Waals surface area contributed by atoms with Crippen molar-refractivity contribution in [3.8, 4) is 0 Å². The molecule has 64 valence electrons. The van der Waals surface area contributed by atoms with Crippen LogP contribution in [0.1, 0.15) is 12.0 Å². The summed E-state index contributed by atoms with van der Waals surface area (Å²) in [5.41, 5.74) is 0.855. The van der Waals surface area contributed by atoms with E-state index < -0.39 is 0 Å². The van der Waals surface area contributed by atoms with E-state index in [4.69, 9.17) is 9.47 Å². The van der Waals surface area contributed by atoms with Crippen molar-refractivity contribution in [2.45, 2.75) is 6.29 Å². The number of ether oxygens (including phenoxy) is 2. The SMILES string of the molecule is Ic1ccc(C2OCCO2)nc1. The molecule has 1 saturated heterocycles. The van der Waals surface area contributed by atoms with Gasteiger partial charge in [0.25, 0.3) is 0 Å². The minimum Gasteiger partial charge on any atom is -0.345 e. The van der Waals surface area contributed by atoms with E-state index in [1.807, 2.05) is 12.1 Å². The number of pyridine rings is 1.